The molecule has 0 aromatic heterocycles. The molecule has 12 nitrogen and oxygen atoms in total. The number of hydrogen-bond donors (Lipinski definition) is 3. The highest BCUT2D eigenvalue weighted by atomic mass is 32.2. The highest BCUT2D eigenvalue weighted by molar-refractivity contribution is 7.90. The van der Waals surface area contributed by atoms with Crippen LogP contribution in [-0.4, -0.2) is 70.8 Å². The number of carbonyl (C=O) groups is 4. The minimum absolute atomic E-state index is 0.164. The van der Waals surface area contributed by atoms with Crippen molar-refractivity contribution in [2.75, 3.05) is 6.54 Å². The van der Waals surface area contributed by atoms with Crippen LogP contribution in [0.1, 0.15) is 64.0 Å². The molecule has 1 saturated heterocycles. The van der Waals surface area contributed by atoms with Crippen molar-refractivity contribution < 1.29 is 41.8 Å². The quantitative estimate of drug-likeness (QED) is 0.426. The molecule has 2 aliphatic heterocycles. The zero-order chi connectivity index (χ0) is 31.4. The average Bonchev–Trinajstić information content (AvgIpc) is 3.79. The van der Waals surface area contributed by atoms with E-state index in [0.29, 0.717) is 37.9 Å². The Morgan fingerprint density at radius 1 is 1.17 bits per heavy atom. The molecule has 4 N–H and O–H groups in total. The van der Waals surface area contributed by atoms with Gasteiger partial charge in [-0.05, 0) is 70.4 Å². The third-order valence-corrected chi connectivity index (χ3v) is 8.93. The van der Waals surface area contributed by atoms with Crippen LogP contribution in [0.2, 0.25) is 0 Å². The van der Waals surface area contributed by atoms with E-state index in [0.717, 1.165) is 18.4 Å². The maximum atomic E-state index is 13.1. The fourth-order valence-electron chi connectivity index (χ4n) is 4.57. The van der Waals surface area contributed by atoms with E-state index in [4.69, 9.17) is 15.6 Å². The Balaban J connectivity index is 0.000000173. The van der Waals surface area contributed by atoms with Gasteiger partial charge >= 0.3 is 12.2 Å². The van der Waals surface area contributed by atoms with Gasteiger partial charge in [0.15, 0.2) is 0 Å². The van der Waals surface area contributed by atoms with E-state index in [1.54, 1.807) is 39.0 Å². The lowest BCUT2D eigenvalue weighted by molar-refractivity contribution is -0.122. The zero-order valence-electron chi connectivity index (χ0n) is 24.0. The van der Waals surface area contributed by atoms with Gasteiger partial charge in [0.2, 0.25) is 21.8 Å². The summed E-state index contributed by atoms with van der Waals surface area (Å²) in [7, 11) is -3.36. The van der Waals surface area contributed by atoms with Crippen LogP contribution in [0.4, 0.5) is 14.0 Å². The number of allylic oxidation sites excluding steroid dienone is 1. The Morgan fingerprint density at radius 3 is 2.33 bits per heavy atom. The highest BCUT2D eigenvalue weighted by Gasteiger charge is 2.44. The van der Waals surface area contributed by atoms with Crippen molar-refractivity contribution in [1.29, 1.82) is 0 Å². The third-order valence-electron chi connectivity index (χ3n) is 7.09. The van der Waals surface area contributed by atoms with Gasteiger partial charge < -0.3 is 15.6 Å². The van der Waals surface area contributed by atoms with Gasteiger partial charge in [-0.25, -0.2) is 22.4 Å². The van der Waals surface area contributed by atoms with Crippen molar-refractivity contribution in [2.24, 2.45) is 17.6 Å². The van der Waals surface area contributed by atoms with Gasteiger partial charge in [-0.1, -0.05) is 18.2 Å². The summed E-state index contributed by atoms with van der Waals surface area (Å²) in [6, 6.07) is 4.20. The first-order valence-corrected chi connectivity index (χ1v) is 15.3. The maximum Gasteiger partial charge on any atom is 0.410 e. The number of nitrogens with zero attached hydrogens (tertiary/aromatic N) is 2. The van der Waals surface area contributed by atoms with E-state index in [9.17, 15) is 32.0 Å². The number of ether oxygens (including phenoxy) is 1. The summed E-state index contributed by atoms with van der Waals surface area (Å²) in [6.07, 6.45) is 3.76. The lowest BCUT2D eigenvalue weighted by Crippen LogP contribution is -2.45. The Morgan fingerprint density at radius 2 is 1.83 bits per heavy atom. The third kappa shape index (κ3) is 8.91. The molecular weight excluding hydrogens is 571 g/mol. The maximum absolute atomic E-state index is 13.1. The first kappa shape index (κ1) is 32.8. The standard InChI is InChI=1S/C10H18N2O3.C9H8FNO2.C9H13NO3S/c1-10(2,3)15-9(14)12-6-4-5-7(12)8(11)13;10-8-3-1-2-6-4-11(9(12)13)5-7(6)8;1-2-6-5-8(6)9(11)10-14(12,13)7-3-4-7/h7H,4-6H2,1-3H3,(H2,11,13);1-3H,4-5H2,(H,12,13);2,6-8H,1,3-5H2,(H,10,11)/t;;6?,8-/m..0/s1. The first-order valence-electron chi connectivity index (χ1n) is 13.7. The van der Waals surface area contributed by atoms with E-state index in [2.05, 4.69) is 11.3 Å². The number of carboxylic acid groups (broad SMARTS) is 1. The number of hydrogen-bond acceptors (Lipinski definition) is 7. The molecule has 2 unspecified atom stereocenters. The number of amides is 4. The largest absolute Gasteiger partial charge is 0.465 e. The molecule has 232 valence electrons. The Bertz CT molecular complexity index is 1330. The Kier molecular flexibility index (Phi) is 10.2. The second-order valence-corrected chi connectivity index (χ2v) is 13.7. The molecule has 5 rings (SSSR count). The molecule has 0 radical (unpaired) electrons. The molecule has 1 aromatic rings. The van der Waals surface area contributed by atoms with Crippen molar-refractivity contribution in [3.8, 4) is 0 Å². The van der Waals surface area contributed by atoms with E-state index in [1.165, 1.54) is 15.9 Å². The molecule has 3 fully saturated rings. The Labute approximate surface area is 245 Å². The SMILES string of the molecule is C=CC1C[C@@H]1C(=O)NS(=O)(=O)C1CC1.CC(C)(C)OC(=O)N1CCCC1C(N)=O.O=C(O)N1Cc2cccc(F)c2C1. The van der Waals surface area contributed by atoms with Crippen molar-refractivity contribution in [3.63, 3.8) is 0 Å². The predicted molar refractivity (Wildman–Crippen MR) is 151 cm³/mol. The summed E-state index contributed by atoms with van der Waals surface area (Å²) in [4.78, 5) is 47.3. The van der Waals surface area contributed by atoms with E-state index in [-0.39, 0.29) is 35.4 Å². The van der Waals surface area contributed by atoms with Crippen LogP contribution in [0.15, 0.2) is 30.9 Å². The summed E-state index contributed by atoms with van der Waals surface area (Å²) >= 11 is 0. The first-order chi connectivity index (χ1) is 19.5. The van der Waals surface area contributed by atoms with Crippen LogP contribution in [-0.2, 0) is 37.4 Å². The fourth-order valence-corrected chi connectivity index (χ4v) is 5.93. The fraction of sp³-hybridized carbons (Fsp3) is 0.571. The van der Waals surface area contributed by atoms with Gasteiger partial charge in [-0.15, -0.1) is 6.58 Å². The molecule has 4 amide bonds. The van der Waals surface area contributed by atoms with Crippen LogP contribution in [0, 0.1) is 17.7 Å². The number of benzene rings is 1. The molecule has 2 heterocycles. The van der Waals surface area contributed by atoms with Gasteiger partial charge in [0, 0.05) is 24.6 Å². The van der Waals surface area contributed by atoms with Gasteiger partial charge in [0.1, 0.15) is 17.5 Å². The molecule has 2 aliphatic carbocycles. The van der Waals surface area contributed by atoms with E-state index >= 15 is 0 Å². The van der Waals surface area contributed by atoms with Crippen LogP contribution < -0.4 is 10.5 Å². The number of nitrogens with one attached hydrogen (secondary N) is 1. The second kappa shape index (κ2) is 13.1. The van der Waals surface area contributed by atoms with Crippen LogP contribution in [0.25, 0.3) is 0 Å². The average molecular weight is 611 g/mol. The monoisotopic (exact) mass is 610 g/mol. The number of nitrogens with two attached hydrogens (primary N) is 1. The molecule has 0 bridgehead atoms. The van der Waals surface area contributed by atoms with Crippen molar-refractivity contribution >= 4 is 34.0 Å². The molecular formula is C28H39FN4O8S. The summed E-state index contributed by atoms with van der Waals surface area (Å²) in [5, 5.41) is 8.35. The van der Waals surface area contributed by atoms with Gasteiger partial charge in [-0.2, -0.15) is 0 Å². The molecule has 3 atom stereocenters. The number of fused-ring (bicyclic) bond motifs is 1. The van der Waals surface area contributed by atoms with E-state index < -0.39 is 39.8 Å². The lowest BCUT2D eigenvalue weighted by atomic mass is 10.1. The number of likely N-dealkylation sites (tertiary alicyclic amines) is 1. The lowest BCUT2D eigenvalue weighted by Gasteiger charge is -2.27. The van der Waals surface area contributed by atoms with Gasteiger partial charge in [0.05, 0.1) is 11.8 Å². The minimum Gasteiger partial charge on any atom is -0.465 e. The summed E-state index contributed by atoms with van der Waals surface area (Å²) in [5.41, 5.74) is 5.93. The number of rotatable bonds is 5. The van der Waals surface area contributed by atoms with Crippen molar-refractivity contribution in [3.05, 3.63) is 47.8 Å². The summed E-state index contributed by atoms with van der Waals surface area (Å²) in [5.74, 6) is -1.13. The van der Waals surface area contributed by atoms with Crippen molar-refractivity contribution in [2.45, 2.75) is 82.9 Å². The predicted octanol–water partition coefficient (Wildman–Crippen LogP) is 3.11. The molecule has 42 heavy (non-hydrogen) atoms. The Hall–Kier alpha value is -3.68. The van der Waals surface area contributed by atoms with Gasteiger partial charge in [0.25, 0.3) is 0 Å². The zero-order valence-corrected chi connectivity index (χ0v) is 24.9. The van der Waals surface area contributed by atoms with Crippen molar-refractivity contribution in [1.82, 2.24) is 14.5 Å². The molecule has 1 aromatic carbocycles. The molecule has 0 spiro atoms. The molecule has 4 aliphatic rings. The summed E-state index contributed by atoms with van der Waals surface area (Å²) < 4.78 is 43.2. The second-order valence-electron chi connectivity index (χ2n) is 11.7. The van der Waals surface area contributed by atoms with Gasteiger partial charge in [-0.3, -0.25) is 24.1 Å². The summed E-state index contributed by atoms with van der Waals surface area (Å²) in [6.45, 7) is 9.95. The number of sulfonamides is 1. The minimum atomic E-state index is -3.36. The van der Waals surface area contributed by atoms with Crippen LogP contribution >= 0.6 is 0 Å². The topological polar surface area (TPSA) is 176 Å². The number of carbonyl (C=O) groups excluding carboxylic acids is 3. The number of primary amides is 1. The number of halogens is 1. The van der Waals surface area contributed by atoms with Crippen LogP contribution in [0.5, 0.6) is 0 Å². The smallest absolute Gasteiger partial charge is 0.410 e. The van der Waals surface area contributed by atoms with Crippen LogP contribution in [0.3, 0.4) is 0 Å². The highest BCUT2D eigenvalue weighted by Crippen LogP contribution is 2.40. The van der Waals surface area contributed by atoms with E-state index in [1.807, 2.05) is 0 Å². The molecule has 2 saturated carbocycles. The molecule has 14 heteroatoms. The normalized spacial score (nSPS) is 22.4.